The molecule has 1 saturated carbocycles. The van der Waals surface area contributed by atoms with Crippen molar-refractivity contribution in [2.75, 3.05) is 6.54 Å². The van der Waals surface area contributed by atoms with Crippen molar-refractivity contribution in [1.82, 2.24) is 5.32 Å². The van der Waals surface area contributed by atoms with Crippen molar-refractivity contribution < 1.29 is 0 Å². The average molecular weight is 209 g/mol. The molecule has 0 aromatic rings. The molecule has 0 bridgehead atoms. The van der Waals surface area contributed by atoms with E-state index in [0.29, 0.717) is 6.04 Å². The van der Waals surface area contributed by atoms with Crippen molar-refractivity contribution in [3.63, 3.8) is 0 Å². The maximum absolute atomic E-state index is 4.13. The second-order valence-electron chi connectivity index (χ2n) is 5.07. The smallest absolute Gasteiger partial charge is 0.0302 e. The number of likely N-dealkylation sites (N-methyl/N-ethyl adjacent to an activating group) is 1. The molecule has 0 radical (unpaired) electrons. The number of rotatable bonds is 5. The summed E-state index contributed by atoms with van der Waals surface area (Å²) in [5.41, 5.74) is 1.32. The lowest BCUT2D eigenvalue weighted by Crippen LogP contribution is -2.38. The summed E-state index contributed by atoms with van der Waals surface area (Å²) in [7, 11) is 0. The molecule has 1 aliphatic carbocycles. The van der Waals surface area contributed by atoms with Crippen LogP contribution in [0, 0.1) is 11.8 Å². The first kappa shape index (κ1) is 12.8. The topological polar surface area (TPSA) is 12.0 Å². The molecule has 15 heavy (non-hydrogen) atoms. The molecule has 0 spiro atoms. The van der Waals surface area contributed by atoms with Crippen LogP contribution < -0.4 is 5.32 Å². The first-order valence-electron chi connectivity index (χ1n) is 6.57. The Bertz CT molecular complexity index is 190. The van der Waals surface area contributed by atoms with Crippen LogP contribution in [-0.2, 0) is 0 Å². The third kappa shape index (κ3) is 3.64. The molecule has 1 aliphatic rings. The van der Waals surface area contributed by atoms with Gasteiger partial charge in [-0.25, -0.2) is 0 Å². The Hall–Kier alpha value is -0.300. The molecule has 1 N–H and O–H groups in total. The predicted octanol–water partition coefficient (Wildman–Crippen LogP) is 3.76. The quantitative estimate of drug-likeness (QED) is 0.680. The summed E-state index contributed by atoms with van der Waals surface area (Å²) in [4.78, 5) is 0. The van der Waals surface area contributed by atoms with Crippen LogP contribution in [0.3, 0.4) is 0 Å². The summed E-state index contributed by atoms with van der Waals surface area (Å²) in [6.45, 7) is 11.9. The van der Waals surface area contributed by atoms with Crippen LogP contribution in [0.1, 0.15) is 52.9 Å². The Balaban J connectivity index is 2.45. The third-order valence-corrected chi connectivity index (χ3v) is 3.90. The number of hydrogen-bond donors (Lipinski definition) is 1. The van der Waals surface area contributed by atoms with Crippen molar-refractivity contribution in [3.05, 3.63) is 12.2 Å². The number of nitrogens with one attached hydrogen (secondary N) is 1. The summed E-state index contributed by atoms with van der Waals surface area (Å²) < 4.78 is 0. The normalized spacial score (nSPS) is 28.7. The Labute approximate surface area is 95.3 Å². The van der Waals surface area contributed by atoms with Crippen LogP contribution in [0.2, 0.25) is 0 Å². The lowest BCUT2D eigenvalue weighted by Gasteiger charge is -2.34. The van der Waals surface area contributed by atoms with Crippen molar-refractivity contribution >= 4 is 0 Å². The summed E-state index contributed by atoms with van der Waals surface area (Å²) in [5, 5.41) is 3.59. The minimum Gasteiger partial charge on any atom is -0.310 e. The third-order valence-electron chi connectivity index (χ3n) is 3.90. The lowest BCUT2D eigenvalue weighted by molar-refractivity contribution is 0.234. The molecule has 1 atom stereocenters. The zero-order chi connectivity index (χ0) is 11.3. The SMILES string of the molecule is C=C(C)C(NCC)C1CCC(CC)CC1. The molecular formula is C14H27N. The summed E-state index contributed by atoms with van der Waals surface area (Å²) in [5.74, 6) is 1.83. The Morgan fingerprint density at radius 3 is 2.27 bits per heavy atom. The summed E-state index contributed by atoms with van der Waals surface area (Å²) in [6.07, 6.45) is 7.00. The van der Waals surface area contributed by atoms with E-state index < -0.39 is 0 Å². The summed E-state index contributed by atoms with van der Waals surface area (Å²) in [6, 6.07) is 0.563. The van der Waals surface area contributed by atoms with E-state index in [4.69, 9.17) is 0 Å². The molecule has 0 amide bonds. The van der Waals surface area contributed by atoms with Gasteiger partial charge < -0.3 is 5.32 Å². The molecule has 0 heterocycles. The monoisotopic (exact) mass is 209 g/mol. The van der Waals surface area contributed by atoms with Gasteiger partial charge in [0.15, 0.2) is 0 Å². The maximum Gasteiger partial charge on any atom is 0.0302 e. The molecule has 1 unspecified atom stereocenters. The Kier molecular flexibility index (Phi) is 5.38. The van der Waals surface area contributed by atoms with Gasteiger partial charge in [-0.3, -0.25) is 0 Å². The van der Waals surface area contributed by atoms with E-state index in [2.05, 4.69) is 32.7 Å². The van der Waals surface area contributed by atoms with E-state index in [1.54, 1.807) is 0 Å². The van der Waals surface area contributed by atoms with Gasteiger partial charge in [0, 0.05) is 6.04 Å². The van der Waals surface area contributed by atoms with Crippen molar-refractivity contribution in [3.8, 4) is 0 Å². The van der Waals surface area contributed by atoms with Crippen LogP contribution >= 0.6 is 0 Å². The van der Waals surface area contributed by atoms with Gasteiger partial charge >= 0.3 is 0 Å². The fourth-order valence-corrected chi connectivity index (χ4v) is 2.89. The van der Waals surface area contributed by atoms with Gasteiger partial charge in [-0.05, 0) is 38.1 Å². The van der Waals surface area contributed by atoms with Gasteiger partial charge in [0.2, 0.25) is 0 Å². The second-order valence-corrected chi connectivity index (χ2v) is 5.07. The molecule has 1 rings (SSSR count). The van der Waals surface area contributed by atoms with E-state index in [0.717, 1.165) is 18.4 Å². The van der Waals surface area contributed by atoms with Gasteiger partial charge in [-0.1, -0.05) is 45.3 Å². The lowest BCUT2D eigenvalue weighted by atomic mass is 9.76. The highest BCUT2D eigenvalue weighted by atomic mass is 14.9. The van der Waals surface area contributed by atoms with Gasteiger partial charge in [0.25, 0.3) is 0 Å². The van der Waals surface area contributed by atoms with Crippen LogP contribution in [0.4, 0.5) is 0 Å². The standard InChI is InChI=1S/C14H27N/c1-5-12-7-9-13(10-8-12)14(11(3)4)15-6-2/h12-15H,3,5-10H2,1-2,4H3. The highest BCUT2D eigenvalue weighted by Crippen LogP contribution is 2.33. The predicted molar refractivity (Wildman–Crippen MR) is 68.0 cm³/mol. The molecule has 0 saturated heterocycles. The summed E-state index contributed by atoms with van der Waals surface area (Å²) >= 11 is 0. The average Bonchev–Trinajstić information content (AvgIpc) is 2.26. The first-order chi connectivity index (χ1) is 7.19. The van der Waals surface area contributed by atoms with Crippen molar-refractivity contribution in [2.24, 2.45) is 11.8 Å². The van der Waals surface area contributed by atoms with E-state index in [1.165, 1.54) is 37.7 Å². The molecule has 0 aromatic carbocycles. The largest absolute Gasteiger partial charge is 0.310 e. The van der Waals surface area contributed by atoms with E-state index >= 15 is 0 Å². The second kappa shape index (κ2) is 6.32. The van der Waals surface area contributed by atoms with Gasteiger partial charge in [0.05, 0.1) is 0 Å². The molecule has 0 aromatic heterocycles. The minimum atomic E-state index is 0.563. The van der Waals surface area contributed by atoms with Gasteiger partial charge in [0.1, 0.15) is 0 Å². The molecule has 0 aliphatic heterocycles. The van der Waals surface area contributed by atoms with Crippen LogP contribution in [0.5, 0.6) is 0 Å². The molecule has 1 fully saturated rings. The fraction of sp³-hybridized carbons (Fsp3) is 0.857. The van der Waals surface area contributed by atoms with Crippen molar-refractivity contribution in [2.45, 2.75) is 58.9 Å². The molecular weight excluding hydrogens is 182 g/mol. The maximum atomic E-state index is 4.13. The van der Waals surface area contributed by atoms with Gasteiger partial charge in [-0.15, -0.1) is 0 Å². The Morgan fingerprint density at radius 2 is 1.87 bits per heavy atom. The van der Waals surface area contributed by atoms with Crippen LogP contribution in [0.15, 0.2) is 12.2 Å². The molecule has 88 valence electrons. The van der Waals surface area contributed by atoms with Crippen LogP contribution in [-0.4, -0.2) is 12.6 Å². The highest BCUT2D eigenvalue weighted by Gasteiger charge is 2.26. The van der Waals surface area contributed by atoms with Gasteiger partial charge in [-0.2, -0.15) is 0 Å². The van der Waals surface area contributed by atoms with E-state index in [9.17, 15) is 0 Å². The molecule has 1 nitrogen and oxygen atoms in total. The minimum absolute atomic E-state index is 0.563. The fourth-order valence-electron chi connectivity index (χ4n) is 2.89. The number of hydrogen-bond acceptors (Lipinski definition) is 1. The zero-order valence-corrected chi connectivity index (χ0v) is 10.7. The van der Waals surface area contributed by atoms with Crippen molar-refractivity contribution in [1.29, 1.82) is 0 Å². The van der Waals surface area contributed by atoms with Crippen LogP contribution in [0.25, 0.3) is 0 Å². The Morgan fingerprint density at radius 1 is 1.27 bits per heavy atom. The highest BCUT2D eigenvalue weighted by molar-refractivity contribution is 5.05. The van der Waals surface area contributed by atoms with E-state index in [-0.39, 0.29) is 0 Å². The first-order valence-corrected chi connectivity index (χ1v) is 6.57. The zero-order valence-electron chi connectivity index (χ0n) is 10.7. The van der Waals surface area contributed by atoms with E-state index in [1.807, 2.05) is 0 Å². The molecule has 1 heteroatoms.